The third-order valence-electron chi connectivity index (χ3n) is 7.47. The van der Waals surface area contributed by atoms with Gasteiger partial charge in [-0.1, -0.05) is 60.7 Å². The SMILES string of the molecule is COc1cccc2ccc3ccc4ccccc4c3c12.O=C1c2cc([N+](=O)[O-])cc(Br)c2-c2c1cc([N+](=O)[O-])cc2[N+](=O)[O-]. The van der Waals surface area contributed by atoms with Crippen molar-refractivity contribution >= 4 is 71.1 Å². The number of benzene rings is 6. The average Bonchev–Trinajstić information content (AvgIpc) is 3.31. The Morgan fingerprint density at radius 2 is 1.20 bits per heavy atom. The lowest BCUT2D eigenvalue weighted by Gasteiger charge is -2.11. The zero-order valence-electron chi connectivity index (χ0n) is 22.6. The summed E-state index contributed by atoms with van der Waals surface area (Å²) in [5.74, 6) is 0.195. The van der Waals surface area contributed by atoms with Gasteiger partial charge in [-0.3, -0.25) is 35.1 Å². The molecule has 0 aliphatic heterocycles. The molecule has 0 aromatic heterocycles. The van der Waals surface area contributed by atoms with Gasteiger partial charge in [0.05, 0.1) is 33.5 Å². The molecular weight excluding hydrogens is 634 g/mol. The minimum Gasteiger partial charge on any atom is -0.496 e. The second-order valence-electron chi connectivity index (χ2n) is 9.85. The van der Waals surface area contributed by atoms with E-state index in [0.717, 1.165) is 30.0 Å². The van der Waals surface area contributed by atoms with Crippen LogP contribution in [0.4, 0.5) is 17.1 Å². The van der Waals surface area contributed by atoms with Crippen molar-refractivity contribution in [2.24, 2.45) is 0 Å². The maximum atomic E-state index is 12.5. The fourth-order valence-corrected chi connectivity index (χ4v) is 6.24. The van der Waals surface area contributed by atoms with E-state index in [9.17, 15) is 35.1 Å². The summed E-state index contributed by atoms with van der Waals surface area (Å²) >= 11 is 3.08. The molecule has 0 N–H and O–H groups in total. The van der Waals surface area contributed by atoms with Gasteiger partial charge in [0.1, 0.15) is 5.75 Å². The molecule has 7 rings (SSSR count). The van der Waals surface area contributed by atoms with Gasteiger partial charge in [-0.25, -0.2) is 0 Å². The first kappa shape index (κ1) is 28.4. The molecule has 0 atom stereocenters. The van der Waals surface area contributed by atoms with Crippen molar-refractivity contribution in [2.75, 3.05) is 7.11 Å². The number of non-ortho nitro benzene ring substituents is 2. The number of nitrogens with zero attached hydrogens (tertiary/aromatic N) is 3. The average molecular weight is 652 g/mol. The van der Waals surface area contributed by atoms with Crippen molar-refractivity contribution < 1.29 is 24.3 Å². The smallest absolute Gasteiger partial charge is 0.284 e. The Kier molecular flexibility index (Phi) is 6.98. The highest BCUT2D eigenvalue weighted by Crippen LogP contribution is 2.48. The van der Waals surface area contributed by atoms with E-state index in [1.54, 1.807) is 7.11 Å². The highest BCUT2D eigenvalue weighted by molar-refractivity contribution is 9.10. The number of methoxy groups -OCH3 is 1. The van der Waals surface area contributed by atoms with Crippen LogP contribution in [0.1, 0.15) is 15.9 Å². The molecular formula is C32H18BrN3O8. The fourth-order valence-electron chi connectivity index (χ4n) is 5.59. The van der Waals surface area contributed by atoms with Gasteiger partial charge < -0.3 is 4.74 Å². The van der Waals surface area contributed by atoms with Crippen molar-refractivity contribution in [3.05, 3.63) is 137 Å². The molecule has 6 aromatic carbocycles. The highest BCUT2D eigenvalue weighted by atomic mass is 79.9. The number of nitro groups is 3. The van der Waals surface area contributed by atoms with Crippen LogP contribution < -0.4 is 4.74 Å². The van der Waals surface area contributed by atoms with Crippen LogP contribution in [0.5, 0.6) is 5.75 Å². The predicted molar refractivity (Wildman–Crippen MR) is 168 cm³/mol. The first-order valence-electron chi connectivity index (χ1n) is 13.0. The molecule has 12 heteroatoms. The Bertz CT molecular complexity index is 2240. The summed E-state index contributed by atoms with van der Waals surface area (Å²) in [6.45, 7) is 0. The second kappa shape index (κ2) is 10.8. The number of nitro benzene ring substituents is 3. The molecule has 0 saturated carbocycles. The number of ketones is 1. The highest BCUT2D eigenvalue weighted by Gasteiger charge is 2.38. The van der Waals surface area contributed by atoms with Crippen LogP contribution in [0.3, 0.4) is 0 Å². The summed E-state index contributed by atoms with van der Waals surface area (Å²) in [5.41, 5.74) is -1.91. The zero-order valence-corrected chi connectivity index (χ0v) is 24.2. The molecule has 11 nitrogen and oxygen atoms in total. The van der Waals surface area contributed by atoms with E-state index in [-0.39, 0.29) is 32.4 Å². The van der Waals surface area contributed by atoms with E-state index < -0.39 is 31.9 Å². The molecule has 6 aromatic rings. The molecule has 0 fully saturated rings. The second-order valence-corrected chi connectivity index (χ2v) is 10.7. The Balaban J connectivity index is 0.000000158. The number of fused-ring (bicyclic) bond motifs is 8. The van der Waals surface area contributed by atoms with E-state index in [4.69, 9.17) is 4.74 Å². The number of halogens is 1. The van der Waals surface area contributed by atoms with Crippen LogP contribution in [-0.2, 0) is 0 Å². The number of hydrogen-bond acceptors (Lipinski definition) is 8. The normalized spacial score (nSPS) is 11.5. The van der Waals surface area contributed by atoms with Gasteiger partial charge in [0.2, 0.25) is 0 Å². The molecule has 1 aliphatic carbocycles. The van der Waals surface area contributed by atoms with Gasteiger partial charge in [-0.2, -0.15) is 0 Å². The van der Waals surface area contributed by atoms with Gasteiger partial charge >= 0.3 is 0 Å². The number of hydrogen-bond donors (Lipinski definition) is 0. The van der Waals surface area contributed by atoms with Gasteiger partial charge in [-0.15, -0.1) is 0 Å². The molecule has 216 valence electrons. The number of rotatable bonds is 4. The van der Waals surface area contributed by atoms with E-state index in [0.29, 0.717) is 0 Å². The van der Waals surface area contributed by atoms with Crippen molar-refractivity contribution in [1.82, 2.24) is 0 Å². The molecule has 44 heavy (non-hydrogen) atoms. The van der Waals surface area contributed by atoms with Crippen LogP contribution in [0.2, 0.25) is 0 Å². The molecule has 0 radical (unpaired) electrons. The summed E-state index contributed by atoms with van der Waals surface area (Å²) in [7, 11) is 1.73. The van der Waals surface area contributed by atoms with E-state index >= 15 is 0 Å². The molecule has 0 saturated heterocycles. The van der Waals surface area contributed by atoms with Crippen molar-refractivity contribution in [3.63, 3.8) is 0 Å². The maximum absolute atomic E-state index is 12.5. The molecule has 0 unspecified atom stereocenters. The van der Waals surface area contributed by atoms with Crippen LogP contribution in [0, 0.1) is 30.3 Å². The fraction of sp³-hybridized carbons (Fsp3) is 0.0312. The minimum atomic E-state index is -0.846. The lowest BCUT2D eigenvalue weighted by molar-refractivity contribution is -0.393. The van der Waals surface area contributed by atoms with Gasteiger partial charge in [0, 0.05) is 50.1 Å². The molecule has 0 spiro atoms. The van der Waals surface area contributed by atoms with Crippen molar-refractivity contribution in [3.8, 4) is 16.9 Å². The minimum absolute atomic E-state index is 0.0904. The van der Waals surface area contributed by atoms with E-state index in [1.165, 1.54) is 32.3 Å². The number of carbonyl (C=O) groups is 1. The quantitative estimate of drug-likeness (QED) is 0.104. The topological polar surface area (TPSA) is 156 Å². The van der Waals surface area contributed by atoms with Gasteiger partial charge in [-0.05, 0) is 43.5 Å². The molecule has 1 aliphatic rings. The van der Waals surface area contributed by atoms with E-state index in [2.05, 4.69) is 70.5 Å². The molecule has 0 heterocycles. The first-order chi connectivity index (χ1) is 21.1. The standard InChI is InChI=1S/C19H14O.C13H4BrN3O7/c1-20-17-8-4-6-14-11-12-15-10-9-13-5-2-3-7-16(13)18(15)19(14)17;14-9-3-5(15(19)20)1-7-11(9)12-8(13(7)18)2-6(16(21)22)4-10(12)17(23)24/h2-12H,1H3;1-4H. The van der Waals surface area contributed by atoms with Crippen LogP contribution >= 0.6 is 15.9 Å². The number of ether oxygens (including phenoxy) is 1. The molecule has 0 bridgehead atoms. The monoisotopic (exact) mass is 651 g/mol. The predicted octanol–water partition coefficient (Wildman–Crippen LogP) is 8.54. The summed E-state index contributed by atoms with van der Waals surface area (Å²) in [6, 6.07) is 27.2. The van der Waals surface area contributed by atoms with Crippen molar-refractivity contribution in [2.45, 2.75) is 0 Å². The lowest BCUT2D eigenvalue weighted by Crippen LogP contribution is -2.00. The van der Waals surface area contributed by atoms with Gasteiger partial charge in [0.25, 0.3) is 17.1 Å². The molecule has 0 amide bonds. The third kappa shape index (κ3) is 4.57. The summed E-state index contributed by atoms with van der Waals surface area (Å²) in [4.78, 5) is 43.2. The Morgan fingerprint density at radius 1 is 0.636 bits per heavy atom. The summed E-state index contributed by atoms with van der Waals surface area (Å²) < 4.78 is 5.71. The first-order valence-corrected chi connectivity index (χ1v) is 13.8. The van der Waals surface area contributed by atoms with Crippen LogP contribution in [0.25, 0.3) is 43.4 Å². The largest absolute Gasteiger partial charge is 0.496 e. The Labute approximate surface area is 255 Å². The van der Waals surface area contributed by atoms with Crippen LogP contribution in [-0.4, -0.2) is 27.7 Å². The maximum Gasteiger partial charge on any atom is 0.284 e. The summed E-state index contributed by atoms with van der Waals surface area (Å²) in [6.07, 6.45) is 0. The van der Waals surface area contributed by atoms with E-state index in [1.807, 2.05) is 12.1 Å². The van der Waals surface area contributed by atoms with Gasteiger partial charge in [0.15, 0.2) is 5.78 Å². The van der Waals surface area contributed by atoms with Crippen molar-refractivity contribution in [1.29, 1.82) is 0 Å². The number of carbonyl (C=O) groups excluding carboxylic acids is 1. The zero-order chi connectivity index (χ0) is 31.3. The lowest BCUT2D eigenvalue weighted by atomic mass is 9.96. The Hall–Kier alpha value is -5.75. The van der Waals surface area contributed by atoms with Crippen LogP contribution in [0.15, 0.2) is 95.5 Å². The third-order valence-corrected chi connectivity index (χ3v) is 8.09. The Morgan fingerprint density at radius 3 is 1.84 bits per heavy atom. The summed E-state index contributed by atoms with van der Waals surface area (Å²) in [5, 5.41) is 40.6.